The lowest BCUT2D eigenvalue weighted by Gasteiger charge is -2.17. The van der Waals surface area contributed by atoms with Gasteiger partial charge in [-0.25, -0.2) is 9.97 Å². The van der Waals surface area contributed by atoms with Gasteiger partial charge in [0.1, 0.15) is 10.6 Å². The lowest BCUT2D eigenvalue weighted by molar-refractivity contribution is 0.220. The fourth-order valence-corrected chi connectivity index (χ4v) is 4.77. The van der Waals surface area contributed by atoms with Gasteiger partial charge in [0, 0.05) is 10.6 Å². The van der Waals surface area contributed by atoms with Crippen LogP contribution in [0.15, 0.2) is 5.16 Å². The van der Waals surface area contributed by atoms with Gasteiger partial charge in [-0.2, -0.15) is 0 Å². The average Bonchev–Trinajstić information content (AvgIpc) is 2.73. The molecule has 0 radical (unpaired) electrons. The van der Waals surface area contributed by atoms with Crippen LogP contribution in [0.25, 0.3) is 10.2 Å². The lowest BCUT2D eigenvalue weighted by Crippen LogP contribution is -2.09. The van der Waals surface area contributed by atoms with Crippen molar-refractivity contribution in [3.8, 4) is 0 Å². The summed E-state index contributed by atoms with van der Waals surface area (Å²) < 4.78 is 0. The molecule has 0 amide bonds. The highest BCUT2D eigenvalue weighted by Crippen LogP contribution is 2.39. The highest BCUT2D eigenvalue weighted by atomic mass is 32.2. The van der Waals surface area contributed by atoms with Crippen LogP contribution in [-0.2, 0) is 12.8 Å². The van der Waals surface area contributed by atoms with Crippen molar-refractivity contribution in [3.63, 3.8) is 0 Å². The summed E-state index contributed by atoms with van der Waals surface area (Å²) in [4.78, 5) is 11.4. The fraction of sp³-hybridized carbons (Fsp3) is 0.571. The smallest absolute Gasteiger partial charge is 0.190 e. The second-order valence-electron chi connectivity index (χ2n) is 5.58. The number of nitrogen functional groups attached to an aromatic ring is 1. The van der Waals surface area contributed by atoms with Gasteiger partial charge in [-0.1, -0.05) is 18.7 Å². The van der Waals surface area contributed by atoms with E-state index in [-0.39, 0.29) is 6.10 Å². The van der Waals surface area contributed by atoms with Crippen LogP contribution in [0.3, 0.4) is 0 Å². The Morgan fingerprint density at radius 3 is 3.05 bits per heavy atom. The summed E-state index contributed by atoms with van der Waals surface area (Å²) >= 11 is 3.22. The predicted molar refractivity (Wildman–Crippen MR) is 85.4 cm³/mol. The Balaban J connectivity index is 2.00. The van der Waals surface area contributed by atoms with E-state index in [0.29, 0.717) is 16.7 Å². The van der Waals surface area contributed by atoms with Crippen molar-refractivity contribution < 1.29 is 5.11 Å². The van der Waals surface area contributed by atoms with Crippen LogP contribution in [0.5, 0.6) is 0 Å². The number of fused-ring (bicyclic) bond motifs is 3. The first kappa shape index (κ1) is 14.1. The molecule has 2 unspecified atom stereocenters. The van der Waals surface area contributed by atoms with Gasteiger partial charge in [0.15, 0.2) is 5.16 Å². The molecule has 0 spiro atoms. The van der Waals surface area contributed by atoms with Crippen LogP contribution in [0.1, 0.15) is 30.7 Å². The van der Waals surface area contributed by atoms with Gasteiger partial charge in [-0.3, -0.25) is 0 Å². The second-order valence-corrected chi connectivity index (χ2v) is 7.65. The Bertz CT molecular complexity index is 639. The quantitative estimate of drug-likeness (QED) is 0.674. The van der Waals surface area contributed by atoms with E-state index in [2.05, 4.69) is 16.9 Å². The average molecular weight is 309 g/mol. The van der Waals surface area contributed by atoms with Gasteiger partial charge in [0.25, 0.3) is 0 Å². The highest BCUT2D eigenvalue weighted by molar-refractivity contribution is 7.99. The zero-order valence-electron chi connectivity index (χ0n) is 11.7. The van der Waals surface area contributed by atoms with E-state index < -0.39 is 0 Å². The maximum atomic E-state index is 9.35. The summed E-state index contributed by atoms with van der Waals surface area (Å²) in [5, 5.41) is 11.1. The summed E-state index contributed by atoms with van der Waals surface area (Å²) in [6.07, 6.45) is 3.07. The molecule has 2 aromatic heterocycles. The zero-order valence-corrected chi connectivity index (χ0v) is 13.4. The number of hydrogen-bond acceptors (Lipinski definition) is 6. The minimum Gasteiger partial charge on any atom is -0.393 e. The monoisotopic (exact) mass is 309 g/mol. The molecule has 20 heavy (non-hydrogen) atoms. The topological polar surface area (TPSA) is 72.0 Å². The third kappa shape index (κ3) is 2.64. The molecule has 3 N–H and O–H groups in total. The first-order chi connectivity index (χ1) is 9.54. The SMILES string of the molecule is CC(O)CSc1nc(N)c2c3c(sc2n1)CC(C)CC3. The summed E-state index contributed by atoms with van der Waals surface area (Å²) in [6.45, 7) is 4.06. The predicted octanol–water partition coefficient (Wildman–Crippen LogP) is 2.87. The van der Waals surface area contributed by atoms with Crippen LogP contribution in [0.4, 0.5) is 5.82 Å². The van der Waals surface area contributed by atoms with Crippen LogP contribution in [-0.4, -0.2) is 26.9 Å². The molecule has 2 heterocycles. The Kier molecular flexibility index (Phi) is 3.88. The van der Waals surface area contributed by atoms with Crippen LogP contribution >= 0.6 is 23.1 Å². The summed E-state index contributed by atoms with van der Waals surface area (Å²) in [6, 6.07) is 0. The molecule has 108 valence electrons. The zero-order chi connectivity index (χ0) is 14.3. The van der Waals surface area contributed by atoms with E-state index in [1.54, 1.807) is 18.3 Å². The molecule has 0 saturated heterocycles. The van der Waals surface area contributed by atoms with E-state index in [9.17, 15) is 5.11 Å². The third-order valence-corrected chi connectivity index (χ3v) is 5.85. The first-order valence-electron chi connectivity index (χ1n) is 6.93. The number of aromatic nitrogens is 2. The largest absolute Gasteiger partial charge is 0.393 e. The standard InChI is InChI=1S/C14H19N3OS2/c1-7-3-4-9-10(5-7)20-13-11(9)12(15)16-14(17-13)19-6-8(2)18/h7-8,18H,3-6H2,1-2H3,(H2,15,16,17). The number of rotatable bonds is 3. The molecule has 0 aliphatic heterocycles. The van der Waals surface area contributed by atoms with Gasteiger partial charge in [-0.05, 0) is 37.7 Å². The molecular formula is C14H19N3OS2. The van der Waals surface area contributed by atoms with Crippen molar-refractivity contribution in [2.24, 2.45) is 5.92 Å². The minimum atomic E-state index is -0.363. The van der Waals surface area contributed by atoms with E-state index in [1.807, 2.05) is 0 Å². The van der Waals surface area contributed by atoms with Gasteiger partial charge in [0.05, 0.1) is 11.5 Å². The van der Waals surface area contributed by atoms with Crippen molar-refractivity contribution in [1.29, 1.82) is 0 Å². The fourth-order valence-electron chi connectivity index (χ4n) is 2.61. The minimum absolute atomic E-state index is 0.363. The van der Waals surface area contributed by atoms with Crippen molar-refractivity contribution >= 4 is 39.1 Å². The Morgan fingerprint density at radius 2 is 2.30 bits per heavy atom. The molecule has 6 heteroatoms. The van der Waals surface area contributed by atoms with Crippen molar-refractivity contribution in [2.45, 2.75) is 44.4 Å². The van der Waals surface area contributed by atoms with Gasteiger partial charge >= 0.3 is 0 Å². The molecule has 2 atom stereocenters. The van der Waals surface area contributed by atoms with Crippen LogP contribution in [0, 0.1) is 5.92 Å². The number of aliphatic hydroxyl groups is 1. The molecule has 0 aromatic carbocycles. The van der Waals surface area contributed by atoms with Gasteiger partial charge in [-0.15, -0.1) is 11.3 Å². The number of nitrogens with two attached hydrogens (primary N) is 1. The van der Waals surface area contributed by atoms with E-state index in [4.69, 9.17) is 5.73 Å². The Morgan fingerprint density at radius 1 is 1.50 bits per heavy atom. The highest BCUT2D eigenvalue weighted by Gasteiger charge is 2.23. The van der Waals surface area contributed by atoms with Crippen LogP contribution in [0.2, 0.25) is 0 Å². The maximum Gasteiger partial charge on any atom is 0.190 e. The number of thioether (sulfide) groups is 1. The Labute approximate surface area is 126 Å². The molecule has 1 aliphatic rings. The maximum absolute atomic E-state index is 9.35. The van der Waals surface area contributed by atoms with Crippen molar-refractivity contribution in [2.75, 3.05) is 11.5 Å². The number of thiophene rings is 1. The van der Waals surface area contributed by atoms with E-state index in [1.165, 1.54) is 28.6 Å². The number of nitrogens with zero attached hydrogens (tertiary/aromatic N) is 2. The normalized spacial score (nSPS) is 20.1. The number of aliphatic hydroxyl groups excluding tert-OH is 1. The summed E-state index contributed by atoms with van der Waals surface area (Å²) in [7, 11) is 0. The van der Waals surface area contributed by atoms with Gasteiger partial charge < -0.3 is 10.8 Å². The molecular weight excluding hydrogens is 290 g/mol. The number of anilines is 1. The third-order valence-electron chi connectivity index (χ3n) is 3.62. The molecule has 1 aliphatic carbocycles. The molecule has 0 bridgehead atoms. The van der Waals surface area contributed by atoms with Crippen LogP contribution < -0.4 is 5.73 Å². The summed E-state index contributed by atoms with van der Waals surface area (Å²) in [5.74, 6) is 1.93. The lowest BCUT2D eigenvalue weighted by atomic mass is 9.89. The number of aryl methyl sites for hydroxylation is 1. The van der Waals surface area contributed by atoms with Crippen molar-refractivity contribution in [3.05, 3.63) is 10.4 Å². The molecule has 0 fully saturated rings. The molecule has 3 rings (SSSR count). The molecule has 4 nitrogen and oxygen atoms in total. The molecule has 2 aromatic rings. The summed E-state index contributed by atoms with van der Waals surface area (Å²) in [5.41, 5.74) is 7.51. The first-order valence-corrected chi connectivity index (χ1v) is 8.73. The van der Waals surface area contributed by atoms with E-state index in [0.717, 1.165) is 29.0 Å². The second kappa shape index (κ2) is 5.50. The van der Waals surface area contributed by atoms with Crippen molar-refractivity contribution in [1.82, 2.24) is 9.97 Å². The Hall–Kier alpha value is -0.850. The number of hydrogen-bond donors (Lipinski definition) is 2. The van der Waals surface area contributed by atoms with E-state index >= 15 is 0 Å². The molecule has 0 saturated carbocycles. The van der Waals surface area contributed by atoms with Gasteiger partial charge in [0.2, 0.25) is 0 Å².